The summed E-state index contributed by atoms with van der Waals surface area (Å²) in [5.74, 6) is -0.00598. The Morgan fingerprint density at radius 3 is 2.56 bits per heavy atom. The molecule has 2 rings (SSSR count). The summed E-state index contributed by atoms with van der Waals surface area (Å²) in [6, 6.07) is 5.86. The number of aryl methyl sites for hydroxylation is 2. The molecule has 5 nitrogen and oxygen atoms in total. The molecule has 138 valence electrons. The Bertz CT molecular complexity index is 649. The number of benzene rings is 1. The van der Waals surface area contributed by atoms with Crippen LogP contribution in [0.4, 0.5) is 4.79 Å². The number of rotatable bonds is 3. The minimum absolute atomic E-state index is 0.00598. The summed E-state index contributed by atoms with van der Waals surface area (Å²) in [4.78, 5) is 28.6. The molecule has 1 aromatic carbocycles. The molecule has 0 saturated carbocycles. The van der Waals surface area contributed by atoms with Crippen molar-refractivity contribution in [1.29, 1.82) is 0 Å². The Morgan fingerprint density at radius 2 is 1.96 bits per heavy atom. The van der Waals surface area contributed by atoms with E-state index in [-0.39, 0.29) is 18.0 Å². The van der Waals surface area contributed by atoms with Crippen LogP contribution in [0.2, 0.25) is 0 Å². The molecule has 1 heterocycles. The smallest absolute Gasteiger partial charge is 0.410 e. The summed E-state index contributed by atoms with van der Waals surface area (Å²) in [5.41, 5.74) is 2.33. The lowest BCUT2D eigenvalue weighted by Gasteiger charge is -2.31. The zero-order valence-corrected chi connectivity index (χ0v) is 16.3. The van der Waals surface area contributed by atoms with Gasteiger partial charge in [0.2, 0.25) is 0 Å². The second-order valence-electron chi connectivity index (χ2n) is 7.97. The van der Waals surface area contributed by atoms with Crippen molar-refractivity contribution < 1.29 is 14.3 Å². The summed E-state index contributed by atoms with van der Waals surface area (Å²) in [6.07, 6.45) is 1.54. The zero-order valence-electron chi connectivity index (χ0n) is 16.3. The van der Waals surface area contributed by atoms with E-state index in [0.717, 1.165) is 29.5 Å². The van der Waals surface area contributed by atoms with Crippen LogP contribution in [0.5, 0.6) is 0 Å². The first kappa shape index (κ1) is 19.3. The molecule has 1 aromatic rings. The molecule has 0 aromatic heterocycles. The van der Waals surface area contributed by atoms with Crippen molar-refractivity contribution in [3.8, 4) is 0 Å². The van der Waals surface area contributed by atoms with E-state index in [1.807, 2.05) is 52.8 Å². The van der Waals surface area contributed by atoms with E-state index >= 15 is 0 Å². The maximum Gasteiger partial charge on any atom is 0.410 e. The summed E-state index contributed by atoms with van der Waals surface area (Å²) < 4.78 is 5.49. The molecule has 1 atom stereocenters. The molecule has 0 aliphatic carbocycles. The average molecular weight is 346 g/mol. The van der Waals surface area contributed by atoms with Crippen molar-refractivity contribution in [3.63, 3.8) is 0 Å². The van der Waals surface area contributed by atoms with Crippen molar-refractivity contribution in [2.45, 2.75) is 59.1 Å². The second kappa shape index (κ2) is 7.46. The molecule has 0 radical (unpaired) electrons. The summed E-state index contributed by atoms with van der Waals surface area (Å²) in [5, 5.41) is 0. The molecule has 0 spiro atoms. The Balaban J connectivity index is 2.04. The molecule has 5 heteroatoms. The lowest BCUT2D eigenvalue weighted by Crippen LogP contribution is -2.45. The number of carbonyl (C=O) groups is 2. The van der Waals surface area contributed by atoms with E-state index in [9.17, 15) is 9.59 Å². The minimum Gasteiger partial charge on any atom is -0.444 e. The van der Waals surface area contributed by atoms with Gasteiger partial charge in [-0.2, -0.15) is 0 Å². The average Bonchev–Trinajstić information content (AvgIpc) is 2.93. The highest BCUT2D eigenvalue weighted by Crippen LogP contribution is 2.22. The number of hydrogen-bond acceptors (Lipinski definition) is 3. The third-order valence-electron chi connectivity index (χ3n) is 4.45. The molecule has 1 unspecified atom stereocenters. The first-order valence-corrected chi connectivity index (χ1v) is 8.91. The first-order valence-electron chi connectivity index (χ1n) is 8.91. The van der Waals surface area contributed by atoms with E-state index in [2.05, 4.69) is 0 Å². The van der Waals surface area contributed by atoms with Crippen LogP contribution in [0.25, 0.3) is 0 Å². The number of hydrogen-bond donors (Lipinski definition) is 0. The van der Waals surface area contributed by atoms with E-state index in [4.69, 9.17) is 4.74 Å². The Hall–Kier alpha value is -2.04. The number of ether oxygens (including phenoxy) is 1. The zero-order chi connectivity index (χ0) is 18.8. The predicted molar refractivity (Wildman–Crippen MR) is 98.8 cm³/mol. The third kappa shape index (κ3) is 4.97. The van der Waals surface area contributed by atoms with Gasteiger partial charge in [-0.15, -0.1) is 0 Å². The Morgan fingerprint density at radius 1 is 1.28 bits per heavy atom. The number of likely N-dealkylation sites (N-methyl/N-ethyl adjacent to an activating group) is 1. The molecular weight excluding hydrogens is 316 g/mol. The van der Waals surface area contributed by atoms with Gasteiger partial charge in [0.1, 0.15) is 5.60 Å². The van der Waals surface area contributed by atoms with E-state index < -0.39 is 5.60 Å². The van der Waals surface area contributed by atoms with Crippen LogP contribution in [0.3, 0.4) is 0 Å². The van der Waals surface area contributed by atoms with Crippen molar-refractivity contribution in [2.75, 3.05) is 20.1 Å². The molecule has 25 heavy (non-hydrogen) atoms. The van der Waals surface area contributed by atoms with Crippen molar-refractivity contribution in [2.24, 2.45) is 0 Å². The van der Waals surface area contributed by atoms with Gasteiger partial charge in [0, 0.05) is 25.7 Å². The number of nitrogens with zero attached hydrogens (tertiary/aromatic N) is 2. The quantitative estimate of drug-likeness (QED) is 0.837. The maximum absolute atomic E-state index is 12.8. The maximum atomic E-state index is 12.8. The highest BCUT2D eigenvalue weighted by atomic mass is 16.6. The molecule has 1 aliphatic heterocycles. The normalized spacial score (nSPS) is 17.5. The Labute approximate surface area is 150 Å². The molecule has 0 bridgehead atoms. The largest absolute Gasteiger partial charge is 0.444 e. The predicted octanol–water partition coefficient (Wildman–Crippen LogP) is 3.77. The van der Waals surface area contributed by atoms with E-state index in [1.54, 1.807) is 16.8 Å². The van der Waals surface area contributed by atoms with Crippen LogP contribution in [-0.4, -0.2) is 53.6 Å². The fourth-order valence-corrected chi connectivity index (χ4v) is 3.24. The molecule has 2 amide bonds. The second-order valence-corrected chi connectivity index (χ2v) is 7.97. The van der Waals surface area contributed by atoms with Gasteiger partial charge in [0.05, 0.1) is 6.04 Å². The third-order valence-corrected chi connectivity index (χ3v) is 4.45. The van der Waals surface area contributed by atoms with Crippen molar-refractivity contribution in [1.82, 2.24) is 9.80 Å². The van der Waals surface area contributed by atoms with Crippen LogP contribution in [0.15, 0.2) is 18.2 Å². The van der Waals surface area contributed by atoms with Crippen molar-refractivity contribution >= 4 is 12.0 Å². The van der Waals surface area contributed by atoms with Gasteiger partial charge in [0.25, 0.3) is 5.91 Å². The van der Waals surface area contributed by atoms with Crippen LogP contribution < -0.4 is 0 Å². The van der Waals surface area contributed by atoms with Gasteiger partial charge in [0.15, 0.2) is 0 Å². The van der Waals surface area contributed by atoms with Crippen LogP contribution in [-0.2, 0) is 4.74 Å². The van der Waals surface area contributed by atoms with Crippen LogP contribution in [0.1, 0.15) is 55.1 Å². The van der Waals surface area contributed by atoms with E-state index in [1.165, 1.54) is 0 Å². The topological polar surface area (TPSA) is 49.9 Å². The molecule has 0 N–H and O–H groups in total. The lowest BCUT2D eigenvalue weighted by atomic mass is 10.0. The van der Waals surface area contributed by atoms with E-state index in [0.29, 0.717) is 13.1 Å². The van der Waals surface area contributed by atoms with Crippen molar-refractivity contribution in [3.05, 3.63) is 34.9 Å². The summed E-state index contributed by atoms with van der Waals surface area (Å²) in [7, 11) is 1.80. The fourth-order valence-electron chi connectivity index (χ4n) is 3.24. The van der Waals surface area contributed by atoms with Gasteiger partial charge in [-0.05, 0) is 59.1 Å². The van der Waals surface area contributed by atoms with Gasteiger partial charge in [-0.25, -0.2) is 4.79 Å². The minimum atomic E-state index is -0.509. The Kier molecular flexibility index (Phi) is 5.76. The van der Waals surface area contributed by atoms with Gasteiger partial charge < -0.3 is 14.5 Å². The standard InChI is InChI=1S/C20H30N2O3/c1-14-9-10-17(15(2)12-14)18(23)21(6)13-16-8-7-11-22(16)19(24)25-20(3,4)5/h9-10,12,16H,7-8,11,13H2,1-6H3. The molecular formula is C20H30N2O3. The summed E-state index contributed by atoms with van der Waals surface area (Å²) >= 11 is 0. The highest BCUT2D eigenvalue weighted by molar-refractivity contribution is 5.95. The number of likely N-dealkylation sites (tertiary alicyclic amines) is 1. The van der Waals surface area contributed by atoms with Crippen LogP contribution >= 0.6 is 0 Å². The van der Waals surface area contributed by atoms with Gasteiger partial charge in [-0.3, -0.25) is 4.79 Å². The van der Waals surface area contributed by atoms with Crippen LogP contribution in [0, 0.1) is 13.8 Å². The molecule has 1 fully saturated rings. The number of carbonyl (C=O) groups excluding carboxylic acids is 2. The molecule has 1 saturated heterocycles. The lowest BCUT2D eigenvalue weighted by molar-refractivity contribution is 0.0199. The highest BCUT2D eigenvalue weighted by Gasteiger charge is 2.33. The van der Waals surface area contributed by atoms with Gasteiger partial charge >= 0.3 is 6.09 Å². The monoisotopic (exact) mass is 346 g/mol. The molecule has 1 aliphatic rings. The first-order chi connectivity index (χ1) is 11.6. The number of amides is 2. The fraction of sp³-hybridized carbons (Fsp3) is 0.600. The summed E-state index contributed by atoms with van der Waals surface area (Å²) in [6.45, 7) is 10.8. The SMILES string of the molecule is Cc1ccc(C(=O)N(C)CC2CCCN2C(=O)OC(C)(C)C)c(C)c1. The van der Waals surface area contributed by atoms with Gasteiger partial charge in [-0.1, -0.05) is 17.7 Å².